The molecule has 1 aromatic rings. The van der Waals surface area contributed by atoms with E-state index in [1.54, 1.807) is 0 Å². The molecule has 0 unspecified atom stereocenters. The SMILES string of the molecule is C=C(C)NCCOCCCN1CCN(c2ncc(C(C)C)cn2)CC1. The van der Waals surface area contributed by atoms with Crippen LogP contribution >= 0.6 is 0 Å². The number of hydrogen-bond acceptors (Lipinski definition) is 6. The molecule has 6 nitrogen and oxygen atoms in total. The van der Waals surface area contributed by atoms with Gasteiger partial charge >= 0.3 is 0 Å². The van der Waals surface area contributed by atoms with E-state index in [0.717, 1.165) is 70.5 Å². The van der Waals surface area contributed by atoms with Gasteiger partial charge in [-0.25, -0.2) is 9.97 Å². The third-order valence-electron chi connectivity index (χ3n) is 4.42. The molecule has 0 atom stereocenters. The highest BCUT2D eigenvalue weighted by atomic mass is 16.5. The molecule has 0 aromatic carbocycles. The van der Waals surface area contributed by atoms with E-state index in [-0.39, 0.29) is 0 Å². The number of aromatic nitrogens is 2. The van der Waals surface area contributed by atoms with Crippen molar-refractivity contribution in [3.63, 3.8) is 0 Å². The molecule has 1 N–H and O–H groups in total. The van der Waals surface area contributed by atoms with Crippen molar-refractivity contribution in [1.29, 1.82) is 0 Å². The average Bonchev–Trinajstić information content (AvgIpc) is 2.61. The number of allylic oxidation sites excluding steroid dienone is 1. The summed E-state index contributed by atoms with van der Waals surface area (Å²) >= 11 is 0. The zero-order chi connectivity index (χ0) is 18.1. The molecule has 0 aliphatic carbocycles. The molecule has 2 rings (SSSR count). The molecule has 1 aliphatic rings. The standard InChI is InChI=1S/C19H33N5O/c1-16(2)18-14-21-19(22-15-18)24-10-8-23(9-11-24)7-5-12-25-13-6-20-17(3)4/h14-16,20H,3,5-13H2,1-2,4H3. The van der Waals surface area contributed by atoms with E-state index >= 15 is 0 Å². The minimum Gasteiger partial charge on any atom is -0.387 e. The van der Waals surface area contributed by atoms with Crippen LogP contribution in [0.25, 0.3) is 0 Å². The number of ether oxygens (including phenoxy) is 1. The van der Waals surface area contributed by atoms with Gasteiger partial charge in [-0.3, -0.25) is 4.90 Å². The van der Waals surface area contributed by atoms with Crippen molar-refractivity contribution in [3.8, 4) is 0 Å². The third kappa shape index (κ3) is 7.00. The molecule has 1 saturated heterocycles. The van der Waals surface area contributed by atoms with E-state index in [9.17, 15) is 0 Å². The number of hydrogen-bond donors (Lipinski definition) is 1. The van der Waals surface area contributed by atoms with E-state index < -0.39 is 0 Å². The molecule has 0 saturated carbocycles. The Bertz CT molecular complexity index is 509. The fraction of sp³-hybridized carbons (Fsp3) is 0.684. The van der Waals surface area contributed by atoms with Crippen LogP contribution in [0.3, 0.4) is 0 Å². The first-order valence-electron chi connectivity index (χ1n) is 9.32. The molecule has 0 bridgehead atoms. The Hall–Kier alpha value is -1.66. The van der Waals surface area contributed by atoms with Crippen LogP contribution in [0.15, 0.2) is 24.7 Å². The maximum atomic E-state index is 5.64. The van der Waals surface area contributed by atoms with Gasteiger partial charge in [-0.2, -0.15) is 0 Å². The minimum atomic E-state index is 0.477. The highest BCUT2D eigenvalue weighted by molar-refractivity contribution is 5.31. The van der Waals surface area contributed by atoms with E-state index in [1.807, 2.05) is 19.3 Å². The molecule has 1 aromatic heterocycles. The normalized spacial score (nSPS) is 15.6. The fourth-order valence-corrected chi connectivity index (χ4v) is 2.79. The minimum absolute atomic E-state index is 0.477. The van der Waals surface area contributed by atoms with Crippen molar-refractivity contribution in [2.75, 3.05) is 57.4 Å². The second-order valence-corrected chi connectivity index (χ2v) is 6.97. The largest absolute Gasteiger partial charge is 0.387 e. The van der Waals surface area contributed by atoms with Crippen molar-refractivity contribution in [2.24, 2.45) is 0 Å². The summed E-state index contributed by atoms with van der Waals surface area (Å²) in [5, 5.41) is 3.17. The van der Waals surface area contributed by atoms with Gasteiger partial charge in [0.15, 0.2) is 0 Å². The number of rotatable bonds is 10. The highest BCUT2D eigenvalue weighted by Gasteiger charge is 2.18. The van der Waals surface area contributed by atoms with Crippen LogP contribution in [0, 0.1) is 0 Å². The Labute approximate surface area is 152 Å². The lowest BCUT2D eigenvalue weighted by Gasteiger charge is -2.34. The smallest absolute Gasteiger partial charge is 0.225 e. The van der Waals surface area contributed by atoms with Crippen LogP contribution in [-0.4, -0.2) is 67.4 Å². The highest BCUT2D eigenvalue weighted by Crippen LogP contribution is 2.15. The summed E-state index contributed by atoms with van der Waals surface area (Å²) in [5.74, 6) is 1.34. The third-order valence-corrected chi connectivity index (χ3v) is 4.42. The number of anilines is 1. The van der Waals surface area contributed by atoms with Crippen LogP contribution < -0.4 is 10.2 Å². The zero-order valence-electron chi connectivity index (χ0n) is 16.0. The van der Waals surface area contributed by atoms with Gasteiger partial charge in [-0.15, -0.1) is 0 Å². The predicted octanol–water partition coefficient (Wildman–Crippen LogP) is 2.25. The monoisotopic (exact) mass is 347 g/mol. The lowest BCUT2D eigenvalue weighted by molar-refractivity contribution is 0.122. The first-order chi connectivity index (χ1) is 12.1. The summed E-state index contributed by atoms with van der Waals surface area (Å²) in [6.45, 7) is 17.7. The van der Waals surface area contributed by atoms with Gasteiger partial charge in [-0.05, 0) is 24.8 Å². The van der Waals surface area contributed by atoms with E-state index in [4.69, 9.17) is 4.74 Å². The lowest BCUT2D eigenvalue weighted by atomic mass is 10.1. The van der Waals surface area contributed by atoms with E-state index in [0.29, 0.717) is 5.92 Å². The first kappa shape index (κ1) is 19.7. The number of nitrogens with one attached hydrogen (secondary N) is 1. The molecular weight excluding hydrogens is 314 g/mol. The summed E-state index contributed by atoms with van der Waals surface area (Å²) in [7, 11) is 0. The van der Waals surface area contributed by atoms with Crippen molar-refractivity contribution < 1.29 is 4.74 Å². The maximum Gasteiger partial charge on any atom is 0.225 e. The van der Waals surface area contributed by atoms with Crippen molar-refractivity contribution in [1.82, 2.24) is 20.2 Å². The van der Waals surface area contributed by atoms with Gasteiger partial charge in [0.05, 0.1) is 6.61 Å². The first-order valence-corrected chi connectivity index (χ1v) is 9.32. The summed E-state index contributed by atoms with van der Waals surface area (Å²) in [6, 6.07) is 0. The van der Waals surface area contributed by atoms with Crippen LogP contribution in [0.1, 0.15) is 38.7 Å². The zero-order valence-corrected chi connectivity index (χ0v) is 16.0. The Morgan fingerprint density at radius 2 is 1.88 bits per heavy atom. The van der Waals surface area contributed by atoms with E-state index in [2.05, 4.69) is 45.5 Å². The molecule has 1 fully saturated rings. The molecule has 25 heavy (non-hydrogen) atoms. The average molecular weight is 348 g/mol. The van der Waals surface area contributed by atoms with Gasteiger partial charge in [0.2, 0.25) is 5.95 Å². The molecule has 0 amide bonds. The van der Waals surface area contributed by atoms with Crippen LogP contribution in [0.4, 0.5) is 5.95 Å². The van der Waals surface area contributed by atoms with Gasteiger partial charge in [0, 0.05) is 64.0 Å². The second kappa shape index (κ2) is 10.4. The van der Waals surface area contributed by atoms with Gasteiger partial charge in [0.1, 0.15) is 0 Å². The summed E-state index contributed by atoms with van der Waals surface area (Å²) in [5.41, 5.74) is 2.19. The van der Waals surface area contributed by atoms with Crippen molar-refractivity contribution >= 4 is 5.95 Å². The topological polar surface area (TPSA) is 53.5 Å². The maximum absolute atomic E-state index is 5.64. The summed E-state index contributed by atoms with van der Waals surface area (Å²) in [6.07, 6.45) is 4.99. The van der Waals surface area contributed by atoms with Gasteiger partial charge < -0.3 is 15.0 Å². The molecule has 140 valence electrons. The van der Waals surface area contributed by atoms with Crippen LogP contribution in [0.5, 0.6) is 0 Å². The number of nitrogens with zero attached hydrogens (tertiary/aromatic N) is 4. The fourth-order valence-electron chi connectivity index (χ4n) is 2.79. The van der Waals surface area contributed by atoms with Crippen LogP contribution in [0.2, 0.25) is 0 Å². The molecule has 0 spiro atoms. The van der Waals surface area contributed by atoms with Crippen molar-refractivity contribution in [2.45, 2.75) is 33.1 Å². The lowest BCUT2D eigenvalue weighted by Crippen LogP contribution is -2.47. The molecule has 6 heteroatoms. The second-order valence-electron chi connectivity index (χ2n) is 6.97. The Balaban J connectivity index is 1.59. The Kier molecular flexibility index (Phi) is 8.15. The van der Waals surface area contributed by atoms with Crippen LogP contribution in [-0.2, 0) is 4.74 Å². The molecular formula is C19H33N5O. The Morgan fingerprint density at radius 3 is 2.48 bits per heavy atom. The Morgan fingerprint density at radius 1 is 1.20 bits per heavy atom. The molecule has 1 aliphatic heterocycles. The van der Waals surface area contributed by atoms with Crippen molar-refractivity contribution in [3.05, 3.63) is 30.2 Å². The van der Waals surface area contributed by atoms with E-state index in [1.165, 1.54) is 5.56 Å². The molecule has 2 heterocycles. The molecule has 0 radical (unpaired) electrons. The number of piperazine rings is 1. The van der Waals surface area contributed by atoms with Gasteiger partial charge in [0.25, 0.3) is 0 Å². The summed E-state index contributed by atoms with van der Waals surface area (Å²) < 4.78 is 5.64. The predicted molar refractivity (Wildman–Crippen MR) is 103 cm³/mol. The van der Waals surface area contributed by atoms with Gasteiger partial charge in [-0.1, -0.05) is 20.4 Å². The summed E-state index contributed by atoms with van der Waals surface area (Å²) in [4.78, 5) is 13.8. The quantitative estimate of drug-likeness (QED) is 0.655.